The molecular formula is C32H36N2O7. The molecule has 1 fully saturated rings. The van der Waals surface area contributed by atoms with Crippen LogP contribution in [0.15, 0.2) is 53.3 Å². The SMILES string of the molecule is CC(C)NCc1ccc(-c2ccc(O)c3c2C[C@H]2C[C@H]4[C@H](C(C)C)C(=O)C(C(N)=O)=C(O)[C@@]4(O)C(=O)C2=C3O)cc1. The van der Waals surface area contributed by atoms with Crippen LogP contribution in [-0.2, 0) is 27.3 Å². The molecule has 216 valence electrons. The smallest absolute Gasteiger partial charge is 0.255 e. The lowest BCUT2D eigenvalue weighted by Crippen LogP contribution is -2.62. The molecule has 7 N–H and O–H groups in total. The van der Waals surface area contributed by atoms with Gasteiger partial charge in [-0.1, -0.05) is 58.0 Å². The molecule has 0 unspecified atom stereocenters. The van der Waals surface area contributed by atoms with Crippen LogP contribution in [0, 0.1) is 23.7 Å². The molecule has 1 saturated carbocycles. The van der Waals surface area contributed by atoms with Crippen LogP contribution in [0.25, 0.3) is 16.9 Å². The summed E-state index contributed by atoms with van der Waals surface area (Å²) in [7, 11) is 0. The van der Waals surface area contributed by atoms with E-state index in [0.29, 0.717) is 18.2 Å². The van der Waals surface area contributed by atoms with Gasteiger partial charge in [-0.2, -0.15) is 0 Å². The molecule has 3 aliphatic carbocycles. The summed E-state index contributed by atoms with van der Waals surface area (Å²) in [6.45, 7) is 8.33. The Balaban J connectivity index is 1.64. The van der Waals surface area contributed by atoms with Gasteiger partial charge in [0, 0.05) is 30.0 Å². The van der Waals surface area contributed by atoms with Crippen molar-refractivity contribution in [1.29, 1.82) is 0 Å². The van der Waals surface area contributed by atoms with Gasteiger partial charge in [-0.05, 0) is 53.0 Å². The maximum atomic E-state index is 14.0. The topological polar surface area (TPSA) is 170 Å². The lowest BCUT2D eigenvalue weighted by molar-refractivity contribution is -0.155. The van der Waals surface area contributed by atoms with Crippen LogP contribution < -0.4 is 11.1 Å². The van der Waals surface area contributed by atoms with Crippen molar-refractivity contribution in [2.24, 2.45) is 29.4 Å². The average Bonchev–Trinajstić information content (AvgIpc) is 2.89. The number of Topliss-reactive ketones (excluding diaryl/α,β-unsaturated/α-hetero) is 2. The van der Waals surface area contributed by atoms with Crippen LogP contribution in [0.3, 0.4) is 0 Å². The van der Waals surface area contributed by atoms with Gasteiger partial charge in [0.1, 0.15) is 22.8 Å². The molecule has 9 nitrogen and oxygen atoms in total. The summed E-state index contributed by atoms with van der Waals surface area (Å²) in [5.74, 6) is -7.71. The third-order valence-corrected chi connectivity index (χ3v) is 8.83. The van der Waals surface area contributed by atoms with E-state index < -0.39 is 57.9 Å². The standard InChI is InChI=1S/C32H36N2O7/c1-14(2)23-21-12-18-11-20-19(17-7-5-16(6-8-17)13-34-15(3)4)9-10-22(35)25(20)28(37)24(18)29(38)32(21,41)30(39)26(27(23)36)31(33)40/h5-10,14-15,18,21,23,34-35,37,39,41H,11-13H2,1-4H3,(H2,33,40)/t18-,21-,23-,32-/m0/s1. The highest BCUT2D eigenvalue weighted by Gasteiger charge is 2.64. The van der Waals surface area contributed by atoms with Gasteiger partial charge in [0.15, 0.2) is 11.4 Å². The van der Waals surface area contributed by atoms with E-state index in [4.69, 9.17) is 5.73 Å². The quantitative estimate of drug-likeness (QED) is 0.292. The Bertz CT molecular complexity index is 1520. The Labute approximate surface area is 238 Å². The predicted molar refractivity (Wildman–Crippen MR) is 153 cm³/mol. The van der Waals surface area contributed by atoms with Crippen molar-refractivity contribution in [3.05, 3.63) is 70.0 Å². The van der Waals surface area contributed by atoms with Gasteiger partial charge >= 0.3 is 0 Å². The van der Waals surface area contributed by atoms with Crippen LogP contribution in [0.4, 0.5) is 0 Å². The van der Waals surface area contributed by atoms with E-state index in [0.717, 1.165) is 16.7 Å². The molecule has 2 aromatic carbocycles. The van der Waals surface area contributed by atoms with Gasteiger partial charge in [0.25, 0.3) is 5.91 Å². The molecule has 41 heavy (non-hydrogen) atoms. The summed E-state index contributed by atoms with van der Waals surface area (Å²) in [5, 5.41) is 48.4. The Kier molecular flexibility index (Phi) is 7.07. The minimum Gasteiger partial charge on any atom is -0.508 e. The van der Waals surface area contributed by atoms with E-state index in [9.17, 15) is 34.8 Å². The van der Waals surface area contributed by atoms with Gasteiger partial charge in [0.2, 0.25) is 5.78 Å². The van der Waals surface area contributed by atoms with Gasteiger partial charge in [-0.15, -0.1) is 0 Å². The molecule has 9 heteroatoms. The molecule has 0 aromatic heterocycles. The lowest BCUT2D eigenvalue weighted by Gasteiger charge is -2.50. The number of primary amides is 1. The van der Waals surface area contributed by atoms with E-state index in [1.54, 1.807) is 19.9 Å². The normalized spacial score (nSPS) is 25.9. The summed E-state index contributed by atoms with van der Waals surface area (Å²) in [4.78, 5) is 39.4. The fourth-order valence-electron chi connectivity index (χ4n) is 6.88. The molecule has 0 radical (unpaired) electrons. The summed E-state index contributed by atoms with van der Waals surface area (Å²) >= 11 is 0. The number of phenolic OH excluding ortho intramolecular Hbond substituents is 1. The highest BCUT2D eigenvalue weighted by atomic mass is 16.3. The number of hydrogen-bond donors (Lipinski definition) is 6. The number of carbonyl (C=O) groups is 3. The maximum absolute atomic E-state index is 14.0. The summed E-state index contributed by atoms with van der Waals surface area (Å²) in [6.07, 6.45) is 0.334. The van der Waals surface area contributed by atoms with Crippen molar-refractivity contribution in [3.8, 4) is 16.9 Å². The number of aliphatic hydroxyl groups excluding tert-OH is 2. The monoisotopic (exact) mass is 560 g/mol. The highest BCUT2D eigenvalue weighted by molar-refractivity contribution is 6.23. The second kappa shape index (κ2) is 10.2. The van der Waals surface area contributed by atoms with Gasteiger partial charge in [-0.25, -0.2) is 0 Å². The molecule has 0 saturated heterocycles. The Morgan fingerprint density at radius 2 is 1.71 bits per heavy atom. The van der Waals surface area contributed by atoms with Gasteiger partial charge in [0.05, 0.1) is 5.56 Å². The summed E-state index contributed by atoms with van der Waals surface area (Å²) in [5.41, 5.74) is 5.31. The number of aromatic hydroxyl groups is 1. The van der Waals surface area contributed by atoms with Crippen LogP contribution in [-0.4, -0.2) is 49.5 Å². The van der Waals surface area contributed by atoms with E-state index in [1.807, 2.05) is 24.3 Å². The highest BCUT2D eigenvalue weighted by Crippen LogP contribution is 2.55. The molecule has 1 amide bonds. The van der Waals surface area contributed by atoms with E-state index >= 15 is 0 Å². The van der Waals surface area contributed by atoms with Crippen molar-refractivity contribution in [1.82, 2.24) is 5.32 Å². The third-order valence-electron chi connectivity index (χ3n) is 8.83. The largest absolute Gasteiger partial charge is 0.508 e. The Morgan fingerprint density at radius 3 is 2.29 bits per heavy atom. The molecule has 2 aromatic rings. The van der Waals surface area contributed by atoms with Gasteiger partial charge in [-0.3, -0.25) is 14.4 Å². The summed E-state index contributed by atoms with van der Waals surface area (Å²) < 4.78 is 0. The van der Waals surface area contributed by atoms with E-state index in [-0.39, 0.29) is 35.6 Å². The molecule has 0 aliphatic heterocycles. The lowest BCUT2D eigenvalue weighted by atomic mass is 9.54. The number of hydrogen-bond acceptors (Lipinski definition) is 8. The Morgan fingerprint density at radius 1 is 1.05 bits per heavy atom. The van der Waals surface area contributed by atoms with Gasteiger partial charge < -0.3 is 31.5 Å². The van der Waals surface area contributed by atoms with Crippen molar-refractivity contribution in [2.45, 2.75) is 58.7 Å². The summed E-state index contributed by atoms with van der Waals surface area (Å²) in [6, 6.07) is 11.5. The minimum absolute atomic E-state index is 0.0839. The molecule has 0 spiro atoms. The zero-order valence-electron chi connectivity index (χ0n) is 23.6. The number of nitrogens with two attached hydrogens (primary N) is 1. The number of carbonyl (C=O) groups excluding carboxylic acids is 3. The van der Waals surface area contributed by atoms with Crippen LogP contribution in [0.2, 0.25) is 0 Å². The van der Waals surface area contributed by atoms with Crippen LogP contribution >= 0.6 is 0 Å². The molecule has 0 heterocycles. The average molecular weight is 561 g/mol. The first-order chi connectivity index (χ1) is 19.3. The second-order valence-electron chi connectivity index (χ2n) is 12.0. The molecule has 4 atom stereocenters. The molecule has 3 aliphatic rings. The predicted octanol–water partition coefficient (Wildman–Crippen LogP) is 3.47. The second-order valence-corrected chi connectivity index (χ2v) is 12.0. The van der Waals surface area contributed by atoms with Crippen molar-refractivity contribution < 1.29 is 34.8 Å². The first kappa shape index (κ1) is 28.6. The zero-order valence-corrected chi connectivity index (χ0v) is 23.6. The number of amides is 1. The van der Waals surface area contributed by atoms with Crippen molar-refractivity contribution >= 4 is 23.2 Å². The Hall–Kier alpha value is -3.95. The number of phenols is 1. The minimum atomic E-state index is -2.61. The zero-order chi connectivity index (χ0) is 30.0. The first-order valence-electron chi connectivity index (χ1n) is 13.9. The van der Waals surface area contributed by atoms with Crippen molar-refractivity contribution in [3.63, 3.8) is 0 Å². The van der Waals surface area contributed by atoms with E-state index in [1.165, 1.54) is 6.07 Å². The number of ketones is 2. The van der Waals surface area contributed by atoms with Crippen LogP contribution in [0.1, 0.15) is 50.8 Å². The number of rotatable bonds is 6. The molecule has 0 bridgehead atoms. The first-order valence-corrected chi connectivity index (χ1v) is 13.9. The number of fused-ring (bicyclic) bond motifs is 3. The fraction of sp³-hybridized carbons (Fsp3) is 0.406. The number of aliphatic hydroxyl groups is 3. The van der Waals surface area contributed by atoms with Crippen LogP contribution in [0.5, 0.6) is 5.75 Å². The fourth-order valence-corrected chi connectivity index (χ4v) is 6.88. The number of benzene rings is 2. The maximum Gasteiger partial charge on any atom is 0.255 e. The molecule has 5 rings (SSSR count). The number of nitrogens with one attached hydrogen (secondary N) is 1. The third kappa shape index (κ3) is 4.35. The van der Waals surface area contributed by atoms with Crippen molar-refractivity contribution in [2.75, 3.05) is 0 Å². The van der Waals surface area contributed by atoms with E-state index in [2.05, 4.69) is 19.2 Å². The molecular weight excluding hydrogens is 524 g/mol.